The van der Waals surface area contributed by atoms with Gasteiger partial charge in [-0.2, -0.15) is 0 Å². The standard InChI is InChI=1S/C45H89NO9/c1-3-5-7-9-11-13-15-17-19-21-23-25-27-29-31-33-38(48)37(36-54-45-43(52)42(51)41(50)40(35-47)55-45)46-44(53)39(49)34-32-30-28-26-24-22-20-18-16-14-12-10-8-6-4-2/h37-43,45,47-52H,3-36H2,1-2H3,(H,46,53). The van der Waals surface area contributed by atoms with Crippen LogP contribution in [0.4, 0.5) is 0 Å². The quantitative estimate of drug-likeness (QED) is 0.0302. The second kappa shape index (κ2) is 36.2. The van der Waals surface area contributed by atoms with E-state index in [-0.39, 0.29) is 6.61 Å². The Balaban J connectivity index is 2.38. The van der Waals surface area contributed by atoms with E-state index in [4.69, 9.17) is 9.47 Å². The van der Waals surface area contributed by atoms with Crippen molar-refractivity contribution in [2.24, 2.45) is 0 Å². The lowest BCUT2D eigenvalue weighted by Gasteiger charge is -2.40. The number of hydrogen-bond donors (Lipinski definition) is 7. The first-order chi connectivity index (χ1) is 26.8. The van der Waals surface area contributed by atoms with E-state index in [9.17, 15) is 35.4 Å². The maximum atomic E-state index is 13.0. The molecule has 1 fully saturated rings. The van der Waals surface area contributed by atoms with Gasteiger partial charge in [-0.25, -0.2) is 0 Å². The Morgan fingerprint density at radius 3 is 1.29 bits per heavy atom. The smallest absolute Gasteiger partial charge is 0.249 e. The topological polar surface area (TPSA) is 169 Å². The molecule has 0 bridgehead atoms. The Hall–Kier alpha value is -0.850. The molecule has 0 aliphatic carbocycles. The monoisotopic (exact) mass is 788 g/mol. The predicted molar refractivity (Wildman–Crippen MR) is 223 cm³/mol. The highest BCUT2D eigenvalue weighted by Crippen LogP contribution is 2.23. The number of unbranched alkanes of at least 4 members (excludes halogenated alkanes) is 28. The highest BCUT2D eigenvalue weighted by atomic mass is 16.7. The molecule has 7 N–H and O–H groups in total. The third-order valence-electron chi connectivity index (χ3n) is 11.6. The molecular formula is C45H89NO9. The van der Waals surface area contributed by atoms with Crippen LogP contribution in [-0.4, -0.2) is 98.7 Å². The van der Waals surface area contributed by atoms with Crippen molar-refractivity contribution >= 4 is 5.91 Å². The first-order valence-electron chi connectivity index (χ1n) is 23.3. The molecule has 10 heteroatoms. The Bertz CT molecular complexity index is 849. The molecule has 1 amide bonds. The summed E-state index contributed by atoms with van der Waals surface area (Å²) >= 11 is 0. The highest BCUT2D eigenvalue weighted by Gasteiger charge is 2.44. The largest absolute Gasteiger partial charge is 0.394 e. The van der Waals surface area contributed by atoms with Crippen molar-refractivity contribution in [3.63, 3.8) is 0 Å². The zero-order valence-corrected chi connectivity index (χ0v) is 35.6. The van der Waals surface area contributed by atoms with Gasteiger partial charge in [0.15, 0.2) is 6.29 Å². The molecule has 0 spiro atoms. The molecule has 328 valence electrons. The molecule has 8 atom stereocenters. The summed E-state index contributed by atoms with van der Waals surface area (Å²) < 4.78 is 11.2. The molecule has 8 unspecified atom stereocenters. The van der Waals surface area contributed by atoms with Crippen LogP contribution in [0.15, 0.2) is 0 Å². The van der Waals surface area contributed by atoms with E-state index in [1.54, 1.807) is 0 Å². The molecule has 1 aliphatic rings. The van der Waals surface area contributed by atoms with E-state index in [0.29, 0.717) is 12.8 Å². The fraction of sp³-hybridized carbons (Fsp3) is 0.978. The lowest BCUT2D eigenvalue weighted by Crippen LogP contribution is -2.60. The molecule has 0 saturated carbocycles. The van der Waals surface area contributed by atoms with Crippen LogP contribution in [0.2, 0.25) is 0 Å². The zero-order chi connectivity index (χ0) is 40.4. The normalized spacial score (nSPS) is 21.8. The molecule has 0 aromatic heterocycles. The van der Waals surface area contributed by atoms with Crippen LogP contribution >= 0.6 is 0 Å². The van der Waals surface area contributed by atoms with E-state index in [1.165, 1.54) is 154 Å². The molecular weight excluding hydrogens is 698 g/mol. The molecule has 1 saturated heterocycles. The van der Waals surface area contributed by atoms with Gasteiger partial charge in [-0.1, -0.05) is 206 Å². The predicted octanol–water partition coefficient (Wildman–Crippen LogP) is 8.53. The van der Waals surface area contributed by atoms with Crippen molar-refractivity contribution in [2.45, 2.75) is 268 Å². The van der Waals surface area contributed by atoms with Gasteiger partial charge in [0, 0.05) is 0 Å². The number of amides is 1. The van der Waals surface area contributed by atoms with Crippen LogP contribution in [0, 0.1) is 0 Å². The van der Waals surface area contributed by atoms with E-state index >= 15 is 0 Å². The van der Waals surface area contributed by atoms with Gasteiger partial charge in [0.2, 0.25) is 5.91 Å². The van der Waals surface area contributed by atoms with Crippen LogP contribution in [-0.2, 0) is 14.3 Å². The summed E-state index contributed by atoms with van der Waals surface area (Å²) in [6.45, 7) is 3.68. The van der Waals surface area contributed by atoms with Gasteiger partial charge in [-0.15, -0.1) is 0 Å². The summed E-state index contributed by atoms with van der Waals surface area (Å²) in [5.41, 5.74) is 0. The average molecular weight is 788 g/mol. The summed E-state index contributed by atoms with van der Waals surface area (Å²) in [4.78, 5) is 13.0. The average Bonchev–Trinajstić information content (AvgIpc) is 3.18. The molecule has 0 aromatic carbocycles. The third kappa shape index (κ3) is 26.7. The minimum atomic E-state index is -1.59. The van der Waals surface area contributed by atoms with E-state index in [0.717, 1.165) is 38.5 Å². The Kier molecular flexibility index (Phi) is 34.4. The van der Waals surface area contributed by atoms with E-state index in [2.05, 4.69) is 19.2 Å². The number of carbonyl (C=O) groups excluding carboxylic acids is 1. The SMILES string of the molecule is CCCCCCCCCCCCCCCCCC(O)C(=O)NC(COC1OC(CO)C(O)C(O)C1O)C(O)CCCCCCCCCCCCCCCCC. The minimum Gasteiger partial charge on any atom is -0.394 e. The number of hydrogen-bond acceptors (Lipinski definition) is 9. The van der Waals surface area contributed by atoms with Crippen LogP contribution < -0.4 is 5.32 Å². The van der Waals surface area contributed by atoms with Crippen molar-refractivity contribution in [3.05, 3.63) is 0 Å². The van der Waals surface area contributed by atoms with Gasteiger partial charge in [0.05, 0.1) is 25.4 Å². The second-order valence-corrected chi connectivity index (χ2v) is 16.7. The summed E-state index contributed by atoms with van der Waals surface area (Å²) in [6, 6.07) is -0.887. The van der Waals surface area contributed by atoms with Gasteiger partial charge < -0.3 is 45.4 Å². The van der Waals surface area contributed by atoms with Crippen molar-refractivity contribution in [1.29, 1.82) is 0 Å². The zero-order valence-electron chi connectivity index (χ0n) is 35.6. The van der Waals surface area contributed by atoms with E-state index in [1.807, 2.05) is 0 Å². The molecule has 1 aliphatic heterocycles. The van der Waals surface area contributed by atoms with Gasteiger partial charge in [0.1, 0.15) is 30.5 Å². The fourth-order valence-electron chi connectivity index (χ4n) is 7.70. The summed E-state index contributed by atoms with van der Waals surface area (Å²) in [5, 5.41) is 64.8. The Morgan fingerprint density at radius 2 is 0.909 bits per heavy atom. The lowest BCUT2D eigenvalue weighted by molar-refractivity contribution is -0.302. The number of rotatable bonds is 39. The maximum absolute atomic E-state index is 13.0. The van der Waals surface area contributed by atoms with Crippen molar-refractivity contribution in [3.8, 4) is 0 Å². The van der Waals surface area contributed by atoms with Crippen LogP contribution in [0.1, 0.15) is 219 Å². The second-order valence-electron chi connectivity index (χ2n) is 16.7. The lowest BCUT2D eigenvalue weighted by atomic mass is 9.99. The fourth-order valence-corrected chi connectivity index (χ4v) is 7.70. The van der Waals surface area contributed by atoms with Gasteiger partial charge in [0.25, 0.3) is 0 Å². The Morgan fingerprint density at radius 1 is 0.545 bits per heavy atom. The van der Waals surface area contributed by atoms with Crippen molar-refractivity contribution in [2.75, 3.05) is 13.2 Å². The number of aliphatic hydroxyl groups is 6. The summed E-state index contributed by atoms with van der Waals surface area (Å²) in [6.07, 6.45) is 28.6. The third-order valence-corrected chi connectivity index (χ3v) is 11.6. The molecule has 55 heavy (non-hydrogen) atoms. The molecule has 10 nitrogen and oxygen atoms in total. The van der Waals surface area contributed by atoms with E-state index < -0.39 is 61.5 Å². The van der Waals surface area contributed by atoms with Crippen LogP contribution in [0.3, 0.4) is 0 Å². The maximum Gasteiger partial charge on any atom is 0.249 e. The molecule has 0 radical (unpaired) electrons. The minimum absolute atomic E-state index is 0.250. The molecule has 1 heterocycles. The number of aliphatic hydroxyl groups excluding tert-OH is 6. The van der Waals surface area contributed by atoms with Crippen LogP contribution in [0.5, 0.6) is 0 Å². The first-order valence-corrected chi connectivity index (χ1v) is 23.3. The van der Waals surface area contributed by atoms with Crippen molar-refractivity contribution < 1.29 is 44.9 Å². The first kappa shape index (κ1) is 52.2. The molecule has 1 rings (SSSR count). The summed E-state index contributed by atoms with van der Waals surface area (Å²) in [5.74, 6) is -0.580. The number of carbonyl (C=O) groups is 1. The highest BCUT2D eigenvalue weighted by molar-refractivity contribution is 5.80. The summed E-state index contributed by atoms with van der Waals surface area (Å²) in [7, 11) is 0. The van der Waals surface area contributed by atoms with Crippen molar-refractivity contribution in [1.82, 2.24) is 5.32 Å². The number of nitrogens with one attached hydrogen (secondary N) is 1. The van der Waals surface area contributed by atoms with Gasteiger partial charge in [-0.3, -0.25) is 4.79 Å². The Labute approximate surface area is 336 Å². The number of ether oxygens (including phenoxy) is 2. The van der Waals surface area contributed by atoms with Gasteiger partial charge >= 0.3 is 0 Å². The van der Waals surface area contributed by atoms with Crippen LogP contribution in [0.25, 0.3) is 0 Å². The van der Waals surface area contributed by atoms with Gasteiger partial charge in [-0.05, 0) is 12.8 Å². The molecule has 0 aromatic rings.